The summed E-state index contributed by atoms with van der Waals surface area (Å²) in [5.74, 6) is -0.439. The molecule has 0 saturated carbocycles. The topological polar surface area (TPSA) is 142 Å². The number of guanidine groups is 1. The van der Waals surface area contributed by atoms with Crippen LogP contribution in [0.1, 0.15) is 29.5 Å². The van der Waals surface area contributed by atoms with E-state index in [1.807, 2.05) is 12.1 Å². The van der Waals surface area contributed by atoms with Crippen LogP contribution in [0.3, 0.4) is 0 Å². The first kappa shape index (κ1) is 19.2. The minimum absolute atomic E-state index is 0.125. The van der Waals surface area contributed by atoms with Crippen molar-refractivity contribution in [2.45, 2.75) is 18.9 Å². The molecule has 0 aliphatic carbocycles. The van der Waals surface area contributed by atoms with Gasteiger partial charge in [-0.25, -0.2) is 9.98 Å². The molecule has 152 valence electrons. The molecule has 10 heteroatoms. The Balaban J connectivity index is 1.53. The predicted octanol–water partition coefficient (Wildman–Crippen LogP) is 1.51. The molecule has 1 atom stereocenters. The molecule has 4 heterocycles. The molecule has 0 fully saturated rings. The second kappa shape index (κ2) is 7.39. The number of nitrogens with one attached hydrogen (secondary N) is 2. The van der Waals surface area contributed by atoms with Gasteiger partial charge < -0.3 is 16.0 Å². The highest BCUT2D eigenvalue weighted by Crippen LogP contribution is 2.32. The third kappa shape index (κ3) is 3.62. The summed E-state index contributed by atoms with van der Waals surface area (Å²) in [6.07, 6.45) is 6.40. The van der Waals surface area contributed by atoms with E-state index >= 15 is 0 Å². The van der Waals surface area contributed by atoms with E-state index in [0.29, 0.717) is 17.1 Å². The number of pyridine rings is 1. The van der Waals surface area contributed by atoms with Crippen molar-refractivity contribution >= 4 is 23.5 Å². The van der Waals surface area contributed by atoms with Gasteiger partial charge in [0.15, 0.2) is 5.96 Å². The first-order valence-electron chi connectivity index (χ1n) is 9.21. The van der Waals surface area contributed by atoms with Crippen LogP contribution in [0.25, 0.3) is 11.4 Å². The molecule has 10 nitrogen and oxygen atoms in total. The monoisotopic (exact) mass is 404 g/mol. The maximum absolute atomic E-state index is 12.6. The summed E-state index contributed by atoms with van der Waals surface area (Å²) in [6.45, 7) is 1.78. The third-order valence-corrected chi connectivity index (χ3v) is 4.90. The van der Waals surface area contributed by atoms with Crippen molar-refractivity contribution in [1.29, 1.82) is 0 Å². The van der Waals surface area contributed by atoms with Crippen LogP contribution in [0.4, 0.5) is 5.69 Å². The number of nitrogens with two attached hydrogens (primary N) is 1. The van der Waals surface area contributed by atoms with E-state index in [2.05, 4.69) is 30.2 Å². The molecule has 0 bridgehead atoms. The van der Waals surface area contributed by atoms with E-state index < -0.39 is 11.4 Å². The lowest BCUT2D eigenvalue weighted by molar-refractivity contribution is -0.128. The standard InChI is InChI=1S/C20H20N8O2/c1-20(9-17(29)28(2)19(21)27-20)16-8-12(5-7-23-16)26-18(30)15-11-24-14(10-25-15)13-4-3-6-22-13/h3-8,10-11,22H,9H2,1-2H3,(H2,21,27)(H,23,26,30). The number of aromatic amines is 1. The molecule has 3 aromatic rings. The van der Waals surface area contributed by atoms with Gasteiger partial charge in [0.25, 0.3) is 5.91 Å². The van der Waals surface area contributed by atoms with Crippen molar-refractivity contribution in [3.05, 3.63) is 60.4 Å². The van der Waals surface area contributed by atoms with Gasteiger partial charge in [0.05, 0.1) is 30.2 Å². The van der Waals surface area contributed by atoms with Crippen LogP contribution in [0, 0.1) is 0 Å². The van der Waals surface area contributed by atoms with E-state index in [4.69, 9.17) is 5.73 Å². The molecular weight excluding hydrogens is 384 g/mol. The number of hydrogen-bond donors (Lipinski definition) is 3. The Morgan fingerprint density at radius 2 is 2.10 bits per heavy atom. The quantitative estimate of drug-likeness (QED) is 0.602. The highest BCUT2D eigenvalue weighted by molar-refractivity contribution is 6.03. The fraction of sp³-hybridized carbons (Fsp3) is 0.200. The van der Waals surface area contributed by atoms with Crippen LogP contribution in [0.5, 0.6) is 0 Å². The fourth-order valence-corrected chi connectivity index (χ4v) is 3.13. The number of anilines is 1. The van der Waals surface area contributed by atoms with Crippen molar-refractivity contribution in [2.75, 3.05) is 12.4 Å². The van der Waals surface area contributed by atoms with Gasteiger partial charge in [0.1, 0.15) is 16.9 Å². The van der Waals surface area contributed by atoms with E-state index in [1.54, 1.807) is 38.5 Å². The van der Waals surface area contributed by atoms with Crippen molar-refractivity contribution in [3.8, 4) is 11.4 Å². The van der Waals surface area contributed by atoms with Crippen LogP contribution >= 0.6 is 0 Å². The molecular formula is C20H20N8O2. The Morgan fingerprint density at radius 1 is 1.27 bits per heavy atom. The van der Waals surface area contributed by atoms with Gasteiger partial charge in [-0.1, -0.05) is 0 Å². The lowest BCUT2D eigenvalue weighted by Gasteiger charge is -2.32. The summed E-state index contributed by atoms with van der Waals surface area (Å²) in [7, 11) is 1.58. The zero-order valence-electron chi connectivity index (χ0n) is 16.5. The van der Waals surface area contributed by atoms with Crippen molar-refractivity contribution < 1.29 is 9.59 Å². The van der Waals surface area contributed by atoms with Gasteiger partial charge >= 0.3 is 0 Å². The average Bonchev–Trinajstić information content (AvgIpc) is 3.27. The largest absolute Gasteiger partial charge is 0.369 e. The van der Waals surface area contributed by atoms with E-state index in [9.17, 15) is 9.59 Å². The number of nitrogens with zero attached hydrogens (tertiary/aromatic N) is 5. The maximum Gasteiger partial charge on any atom is 0.275 e. The first-order valence-corrected chi connectivity index (χ1v) is 9.21. The average molecular weight is 404 g/mol. The van der Waals surface area contributed by atoms with Crippen molar-refractivity contribution in [1.82, 2.24) is 24.8 Å². The zero-order valence-corrected chi connectivity index (χ0v) is 16.5. The molecule has 30 heavy (non-hydrogen) atoms. The lowest BCUT2D eigenvalue weighted by Crippen LogP contribution is -2.47. The van der Waals surface area contributed by atoms with E-state index in [1.165, 1.54) is 17.3 Å². The Morgan fingerprint density at radius 3 is 2.77 bits per heavy atom. The number of amides is 2. The minimum atomic E-state index is -0.911. The summed E-state index contributed by atoms with van der Waals surface area (Å²) < 4.78 is 0. The highest BCUT2D eigenvalue weighted by atomic mass is 16.2. The number of carbonyl (C=O) groups excluding carboxylic acids is 2. The molecule has 2 amide bonds. The number of carbonyl (C=O) groups is 2. The molecule has 1 unspecified atom stereocenters. The predicted molar refractivity (Wildman–Crippen MR) is 110 cm³/mol. The van der Waals surface area contributed by atoms with Gasteiger partial charge in [-0.15, -0.1) is 0 Å². The molecule has 4 N–H and O–H groups in total. The smallest absolute Gasteiger partial charge is 0.275 e. The Hall–Kier alpha value is -4.08. The number of aliphatic imine (C=N–C) groups is 1. The zero-order chi connectivity index (χ0) is 21.3. The van der Waals surface area contributed by atoms with Gasteiger partial charge in [0, 0.05) is 25.1 Å². The minimum Gasteiger partial charge on any atom is -0.369 e. The molecule has 0 radical (unpaired) electrons. The third-order valence-electron chi connectivity index (χ3n) is 4.90. The maximum atomic E-state index is 12.6. The van der Waals surface area contributed by atoms with Crippen LogP contribution in [0.15, 0.2) is 54.0 Å². The molecule has 0 spiro atoms. The molecule has 0 aromatic carbocycles. The fourth-order valence-electron chi connectivity index (χ4n) is 3.13. The highest BCUT2D eigenvalue weighted by Gasteiger charge is 2.37. The Bertz CT molecular complexity index is 1120. The number of hydrogen-bond acceptors (Lipinski definition) is 7. The molecule has 4 rings (SSSR count). The van der Waals surface area contributed by atoms with Crippen LogP contribution in [-0.4, -0.2) is 49.7 Å². The van der Waals surface area contributed by atoms with Crippen molar-refractivity contribution in [3.63, 3.8) is 0 Å². The van der Waals surface area contributed by atoms with E-state index in [-0.39, 0.29) is 24.0 Å². The van der Waals surface area contributed by atoms with Crippen LogP contribution < -0.4 is 11.1 Å². The first-order chi connectivity index (χ1) is 14.4. The number of H-pyrrole nitrogens is 1. The molecule has 1 aliphatic rings. The normalized spacial score (nSPS) is 18.8. The molecule has 1 aliphatic heterocycles. The van der Waals surface area contributed by atoms with Crippen LogP contribution in [0.2, 0.25) is 0 Å². The van der Waals surface area contributed by atoms with E-state index in [0.717, 1.165) is 5.69 Å². The number of rotatable bonds is 4. The summed E-state index contributed by atoms with van der Waals surface area (Å²) >= 11 is 0. The van der Waals surface area contributed by atoms with Crippen molar-refractivity contribution in [2.24, 2.45) is 10.7 Å². The second-order valence-corrected chi connectivity index (χ2v) is 7.13. The molecule has 3 aromatic heterocycles. The van der Waals surface area contributed by atoms with Gasteiger partial charge in [-0.05, 0) is 31.2 Å². The Labute approximate surface area is 172 Å². The van der Waals surface area contributed by atoms with Crippen LogP contribution in [-0.2, 0) is 10.3 Å². The summed E-state index contributed by atoms with van der Waals surface area (Å²) in [6, 6.07) is 7.05. The molecule has 0 saturated heterocycles. The second-order valence-electron chi connectivity index (χ2n) is 7.13. The summed E-state index contributed by atoms with van der Waals surface area (Å²) in [5, 5.41) is 2.78. The van der Waals surface area contributed by atoms with Gasteiger partial charge in [-0.3, -0.25) is 24.5 Å². The summed E-state index contributed by atoms with van der Waals surface area (Å²) in [5.41, 5.74) is 7.60. The van der Waals surface area contributed by atoms with Gasteiger partial charge in [0.2, 0.25) is 5.91 Å². The number of aromatic nitrogens is 4. The summed E-state index contributed by atoms with van der Waals surface area (Å²) in [4.78, 5) is 46.3. The lowest BCUT2D eigenvalue weighted by atomic mass is 9.91. The SMILES string of the molecule is CN1C(=O)CC(C)(c2cc(NC(=O)c3cnc(-c4ccc[nH]4)cn3)ccn2)N=C1N. The Kier molecular flexibility index (Phi) is 4.74. The van der Waals surface area contributed by atoms with Gasteiger partial charge in [-0.2, -0.15) is 0 Å².